The molecule has 0 fully saturated rings. The van der Waals surface area contributed by atoms with Crippen LogP contribution in [0.1, 0.15) is 38.7 Å². The molecule has 1 aromatic carbocycles. The lowest BCUT2D eigenvalue weighted by molar-refractivity contribution is 0.291. The Morgan fingerprint density at radius 2 is 2.10 bits per heavy atom. The normalized spacial score (nSPS) is 11.2. The minimum absolute atomic E-state index is 0.252. The number of rotatable bonds is 8. The minimum atomic E-state index is -0.271. The fourth-order valence-electron chi connectivity index (χ4n) is 1.92. The van der Waals surface area contributed by atoms with E-state index in [1.165, 1.54) is 12.1 Å². The van der Waals surface area contributed by atoms with Crippen molar-refractivity contribution in [3.63, 3.8) is 0 Å². The van der Waals surface area contributed by atoms with Gasteiger partial charge in [-0.1, -0.05) is 0 Å². The molecule has 0 aromatic heterocycles. The lowest BCUT2D eigenvalue weighted by Crippen LogP contribution is -2.10. The van der Waals surface area contributed by atoms with E-state index < -0.39 is 0 Å². The van der Waals surface area contributed by atoms with E-state index in [4.69, 9.17) is 10.00 Å². The highest BCUT2D eigenvalue weighted by Gasteiger charge is 2.15. The van der Waals surface area contributed by atoms with Gasteiger partial charge in [-0.25, -0.2) is 4.39 Å². The molecule has 0 saturated heterocycles. The van der Waals surface area contributed by atoms with Crippen molar-refractivity contribution in [3.8, 4) is 11.8 Å². The van der Waals surface area contributed by atoms with Crippen LogP contribution in [0, 0.1) is 22.6 Å². The second-order valence-corrected chi connectivity index (χ2v) is 5.58. The number of halogens is 1. The molecule has 1 aromatic rings. The van der Waals surface area contributed by atoms with Crippen LogP contribution in [-0.4, -0.2) is 13.7 Å². The van der Waals surface area contributed by atoms with E-state index in [2.05, 4.69) is 11.4 Å². The summed E-state index contributed by atoms with van der Waals surface area (Å²) in [4.78, 5) is 0. The molecular formula is C16H23FN2O. The number of nitrogens with one attached hydrogen (secondary N) is 1. The van der Waals surface area contributed by atoms with E-state index in [0.29, 0.717) is 13.2 Å². The van der Waals surface area contributed by atoms with Gasteiger partial charge < -0.3 is 10.1 Å². The van der Waals surface area contributed by atoms with Crippen molar-refractivity contribution < 1.29 is 9.13 Å². The van der Waals surface area contributed by atoms with E-state index in [9.17, 15) is 4.39 Å². The first-order chi connectivity index (χ1) is 9.48. The van der Waals surface area contributed by atoms with Crippen molar-refractivity contribution >= 4 is 0 Å². The minimum Gasteiger partial charge on any atom is -0.493 e. The van der Waals surface area contributed by atoms with Crippen molar-refractivity contribution in [1.29, 1.82) is 5.26 Å². The van der Waals surface area contributed by atoms with Crippen LogP contribution in [0.3, 0.4) is 0 Å². The third-order valence-electron chi connectivity index (χ3n) is 3.15. The van der Waals surface area contributed by atoms with Gasteiger partial charge in [-0.05, 0) is 58.4 Å². The molecule has 110 valence electrons. The van der Waals surface area contributed by atoms with Crippen LogP contribution in [0.25, 0.3) is 0 Å². The van der Waals surface area contributed by atoms with Gasteiger partial charge in [0.2, 0.25) is 0 Å². The van der Waals surface area contributed by atoms with Crippen LogP contribution in [-0.2, 0) is 6.54 Å². The zero-order chi connectivity index (χ0) is 15.0. The zero-order valence-electron chi connectivity index (χ0n) is 12.5. The molecule has 20 heavy (non-hydrogen) atoms. The van der Waals surface area contributed by atoms with Gasteiger partial charge >= 0.3 is 0 Å². The molecule has 0 amide bonds. The Bertz CT molecular complexity index is 466. The highest BCUT2D eigenvalue weighted by Crippen LogP contribution is 2.23. The van der Waals surface area contributed by atoms with Crippen molar-refractivity contribution in [1.82, 2.24) is 5.32 Å². The van der Waals surface area contributed by atoms with Crippen LogP contribution < -0.4 is 10.1 Å². The summed E-state index contributed by atoms with van der Waals surface area (Å²) in [5, 5.41) is 11.9. The molecule has 0 bridgehead atoms. The van der Waals surface area contributed by atoms with E-state index >= 15 is 0 Å². The molecule has 0 spiro atoms. The standard InChI is InChI=1S/C16H23FN2O/c1-16(2,12-18)8-4-5-9-20-15-7-6-14(17)10-13(15)11-19-3/h6-7,10,19H,4-5,8-9,11H2,1-3H3. The molecule has 0 radical (unpaired) electrons. The maximum atomic E-state index is 13.2. The van der Waals surface area contributed by atoms with Gasteiger partial charge in [0.1, 0.15) is 11.6 Å². The fraction of sp³-hybridized carbons (Fsp3) is 0.562. The van der Waals surface area contributed by atoms with Gasteiger partial charge in [0.05, 0.1) is 18.1 Å². The molecule has 1 N–H and O–H groups in total. The predicted octanol–water partition coefficient (Wildman–Crippen LogP) is 3.64. The molecule has 0 aliphatic carbocycles. The average Bonchev–Trinajstić information content (AvgIpc) is 2.41. The molecule has 0 unspecified atom stereocenters. The summed E-state index contributed by atoms with van der Waals surface area (Å²) in [7, 11) is 1.82. The van der Waals surface area contributed by atoms with E-state index in [-0.39, 0.29) is 11.2 Å². The SMILES string of the molecule is CNCc1cc(F)ccc1OCCCCC(C)(C)C#N. The number of hydrogen-bond donors (Lipinski definition) is 1. The maximum Gasteiger partial charge on any atom is 0.123 e. The number of hydrogen-bond acceptors (Lipinski definition) is 3. The summed E-state index contributed by atoms with van der Waals surface area (Å²) in [6.07, 6.45) is 2.70. The van der Waals surface area contributed by atoms with Gasteiger partial charge in [-0.15, -0.1) is 0 Å². The number of benzene rings is 1. The Morgan fingerprint density at radius 1 is 1.35 bits per heavy atom. The van der Waals surface area contributed by atoms with Crippen LogP contribution in [0.15, 0.2) is 18.2 Å². The highest BCUT2D eigenvalue weighted by molar-refractivity contribution is 5.33. The number of nitrogens with zero attached hydrogens (tertiary/aromatic N) is 1. The summed E-state index contributed by atoms with van der Waals surface area (Å²) in [5.41, 5.74) is 0.553. The van der Waals surface area contributed by atoms with Crippen molar-refractivity contribution in [2.75, 3.05) is 13.7 Å². The number of ether oxygens (including phenoxy) is 1. The van der Waals surface area contributed by atoms with Gasteiger partial charge in [0.15, 0.2) is 0 Å². The molecular weight excluding hydrogens is 255 g/mol. The largest absolute Gasteiger partial charge is 0.493 e. The monoisotopic (exact) mass is 278 g/mol. The Morgan fingerprint density at radius 3 is 2.75 bits per heavy atom. The molecule has 0 atom stereocenters. The molecule has 0 aliphatic heterocycles. The Kier molecular flexibility index (Phi) is 6.47. The summed E-state index contributed by atoms with van der Waals surface area (Å²) in [5.74, 6) is 0.471. The van der Waals surface area contributed by atoms with Crippen LogP contribution in [0.2, 0.25) is 0 Å². The predicted molar refractivity (Wildman–Crippen MR) is 77.9 cm³/mol. The third-order valence-corrected chi connectivity index (χ3v) is 3.15. The summed E-state index contributed by atoms with van der Waals surface area (Å²) in [6.45, 7) is 5.05. The summed E-state index contributed by atoms with van der Waals surface area (Å²) < 4.78 is 18.9. The van der Waals surface area contributed by atoms with Gasteiger partial charge in [-0.3, -0.25) is 0 Å². The van der Waals surface area contributed by atoms with E-state index in [1.54, 1.807) is 6.07 Å². The van der Waals surface area contributed by atoms with Gasteiger partial charge in [-0.2, -0.15) is 5.26 Å². The second kappa shape index (κ2) is 7.86. The first-order valence-electron chi connectivity index (χ1n) is 6.95. The second-order valence-electron chi connectivity index (χ2n) is 5.58. The van der Waals surface area contributed by atoms with Crippen LogP contribution >= 0.6 is 0 Å². The topological polar surface area (TPSA) is 45.0 Å². The van der Waals surface area contributed by atoms with Crippen molar-refractivity contribution in [2.45, 2.75) is 39.7 Å². The Balaban J connectivity index is 2.41. The van der Waals surface area contributed by atoms with E-state index in [1.807, 2.05) is 20.9 Å². The van der Waals surface area contributed by atoms with Crippen molar-refractivity contribution in [3.05, 3.63) is 29.6 Å². The van der Waals surface area contributed by atoms with E-state index in [0.717, 1.165) is 30.6 Å². The first-order valence-corrected chi connectivity index (χ1v) is 6.95. The lowest BCUT2D eigenvalue weighted by Gasteiger charge is -2.15. The number of nitriles is 1. The van der Waals surface area contributed by atoms with Crippen molar-refractivity contribution in [2.24, 2.45) is 5.41 Å². The molecule has 0 saturated carbocycles. The molecule has 0 heterocycles. The molecule has 4 heteroatoms. The first kappa shape index (κ1) is 16.5. The summed E-state index contributed by atoms with van der Waals surface area (Å²) in [6, 6.07) is 6.86. The Labute approximate surface area is 120 Å². The molecule has 0 aliphatic rings. The quantitative estimate of drug-likeness (QED) is 0.738. The smallest absolute Gasteiger partial charge is 0.123 e. The number of unbranched alkanes of at least 4 members (excludes halogenated alkanes) is 1. The third kappa shape index (κ3) is 5.58. The van der Waals surface area contributed by atoms with Gasteiger partial charge in [0, 0.05) is 12.1 Å². The van der Waals surface area contributed by atoms with Gasteiger partial charge in [0.25, 0.3) is 0 Å². The van der Waals surface area contributed by atoms with Crippen LogP contribution in [0.5, 0.6) is 5.75 Å². The molecule has 3 nitrogen and oxygen atoms in total. The molecule has 1 rings (SSSR count). The average molecular weight is 278 g/mol. The highest BCUT2D eigenvalue weighted by atomic mass is 19.1. The fourth-order valence-corrected chi connectivity index (χ4v) is 1.92. The Hall–Kier alpha value is -1.60. The summed E-state index contributed by atoms with van der Waals surface area (Å²) >= 11 is 0. The maximum absolute atomic E-state index is 13.2. The lowest BCUT2D eigenvalue weighted by atomic mass is 9.89. The van der Waals surface area contributed by atoms with Crippen LogP contribution in [0.4, 0.5) is 4.39 Å². The zero-order valence-corrected chi connectivity index (χ0v) is 12.5.